The highest BCUT2D eigenvalue weighted by molar-refractivity contribution is 8.00. The minimum atomic E-state index is -1.28. The average molecular weight is 551 g/mol. The van der Waals surface area contributed by atoms with Crippen LogP contribution in [0.15, 0.2) is 22.7 Å². The summed E-state index contributed by atoms with van der Waals surface area (Å²) in [5, 5.41) is 14.0. The molecule has 0 saturated carbocycles. The second kappa shape index (κ2) is 13.6. The molecule has 0 aliphatic carbocycles. The predicted molar refractivity (Wildman–Crippen MR) is 143 cm³/mol. The number of aromatic nitrogens is 1. The zero-order chi connectivity index (χ0) is 26.9. The van der Waals surface area contributed by atoms with Crippen LogP contribution in [0.4, 0.5) is 5.13 Å². The molecule has 2 aliphatic heterocycles. The fourth-order valence-electron chi connectivity index (χ4n) is 4.27. The topological polar surface area (TPSA) is 152 Å². The van der Waals surface area contributed by atoms with Crippen LogP contribution in [0.2, 0.25) is 0 Å². The molecule has 3 heterocycles. The molecule has 1 fully saturated rings. The minimum Gasteiger partial charge on any atom is -0.477 e. The van der Waals surface area contributed by atoms with Gasteiger partial charge >= 0.3 is 11.9 Å². The molecule has 2 amide bonds. The Balaban J connectivity index is 1.66. The highest BCUT2D eigenvalue weighted by atomic mass is 32.2. The number of ether oxygens (including phenoxy) is 1. The number of hydrogen-bond donors (Lipinski definition) is 3. The number of nitrogens with zero attached hydrogens (tertiary/aromatic N) is 2. The van der Waals surface area contributed by atoms with Gasteiger partial charge in [0.25, 0.3) is 11.8 Å². The second-order valence-electron chi connectivity index (χ2n) is 9.00. The zero-order valence-corrected chi connectivity index (χ0v) is 22.8. The minimum absolute atomic E-state index is 0.192. The van der Waals surface area contributed by atoms with Gasteiger partial charge in [-0.15, -0.1) is 23.1 Å². The number of rotatable bonds is 14. The molecule has 0 spiro atoms. The van der Waals surface area contributed by atoms with Crippen molar-refractivity contribution in [2.75, 3.05) is 18.1 Å². The number of nitrogens with one attached hydrogen (secondary N) is 1. The average Bonchev–Trinajstić information content (AvgIpc) is 3.29. The number of carbonyl (C=O) groups is 4. The van der Waals surface area contributed by atoms with Gasteiger partial charge in [-0.3, -0.25) is 19.3 Å². The molecule has 3 rings (SSSR count). The number of amides is 2. The summed E-state index contributed by atoms with van der Waals surface area (Å²) < 4.78 is 4.95. The van der Waals surface area contributed by atoms with E-state index in [1.807, 2.05) is 6.08 Å². The molecule has 37 heavy (non-hydrogen) atoms. The molecule has 2 aliphatic rings. The van der Waals surface area contributed by atoms with Crippen molar-refractivity contribution in [1.82, 2.24) is 15.2 Å². The van der Waals surface area contributed by atoms with Gasteiger partial charge in [-0.2, -0.15) is 0 Å². The van der Waals surface area contributed by atoms with Crippen LogP contribution < -0.4 is 11.1 Å². The highest BCUT2D eigenvalue weighted by Gasteiger charge is 2.54. The normalized spacial score (nSPS) is 19.4. The third kappa shape index (κ3) is 7.35. The summed E-state index contributed by atoms with van der Waals surface area (Å²) in [5.74, 6) is -2.52. The van der Waals surface area contributed by atoms with E-state index in [-0.39, 0.29) is 18.1 Å². The standard InChI is InChI=1S/C25H34N4O6S2/c1-3-4-5-6-7-8-9-10-11-17(18-14-37-25(26)27-18)21(31)28-19-22(32)29-20(24(33)34)16(12-35-15(2)30)13-36-23(19)29/h11,14,19,23H,3-10,12-13H2,1-2H3,(H2,26,27)(H,28,31)(H,33,34)/t19?,23-/m1/s1. The molecule has 4 N–H and O–H groups in total. The van der Waals surface area contributed by atoms with Crippen molar-refractivity contribution in [2.24, 2.45) is 0 Å². The van der Waals surface area contributed by atoms with E-state index in [4.69, 9.17) is 10.5 Å². The van der Waals surface area contributed by atoms with E-state index in [1.165, 1.54) is 55.7 Å². The van der Waals surface area contributed by atoms with Crippen LogP contribution in [0, 0.1) is 0 Å². The van der Waals surface area contributed by atoms with Crippen molar-refractivity contribution >= 4 is 57.6 Å². The molecular weight excluding hydrogens is 516 g/mol. The van der Waals surface area contributed by atoms with E-state index < -0.39 is 35.2 Å². The number of thiazole rings is 1. The molecule has 12 heteroatoms. The van der Waals surface area contributed by atoms with Crippen LogP contribution in [0.5, 0.6) is 0 Å². The monoisotopic (exact) mass is 550 g/mol. The van der Waals surface area contributed by atoms with Crippen LogP contribution >= 0.6 is 23.1 Å². The number of allylic oxidation sites excluding steroid dienone is 1. The first-order valence-corrected chi connectivity index (χ1v) is 14.4. The Bertz CT molecular complexity index is 1080. The molecule has 10 nitrogen and oxygen atoms in total. The lowest BCUT2D eigenvalue weighted by Crippen LogP contribution is -2.70. The van der Waals surface area contributed by atoms with Gasteiger partial charge in [-0.25, -0.2) is 9.78 Å². The van der Waals surface area contributed by atoms with E-state index in [0.29, 0.717) is 28.4 Å². The lowest BCUT2D eigenvalue weighted by atomic mass is 10.0. The van der Waals surface area contributed by atoms with Gasteiger partial charge in [-0.1, -0.05) is 51.5 Å². The van der Waals surface area contributed by atoms with E-state index >= 15 is 0 Å². The first-order valence-electron chi connectivity index (χ1n) is 12.5. The maximum atomic E-state index is 13.3. The van der Waals surface area contributed by atoms with E-state index in [9.17, 15) is 24.3 Å². The molecule has 1 saturated heterocycles. The molecule has 1 aromatic heterocycles. The predicted octanol–water partition coefficient (Wildman–Crippen LogP) is 3.55. The Kier molecular flexibility index (Phi) is 10.6. The lowest BCUT2D eigenvalue weighted by Gasteiger charge is -2.49. The Morgan fingerprint density at radius 2 is 1.95 bits per heavy atom. The van der Waals surface area contributed by atoms with E-state index in [2.05, 4.69) is 17.2 Å². The van der Waals surface area contributed by atoms with Crippen molar-refractivity contribution in [3.63, 3.8) is 0 Å². The SMILES string of the molecule is CCCCCCCCCC=C(C(=O)NC1C(=O)N2C(C(=O)O)=C(COC(C)=O)CS[C@H]12)c1csc(N)n1. The fourth-order valence-corrected chi connectivity index (χ4v) is 6.17. The van der Waals surface area contributed by atoms with Gasteiger partial charge < -0.3 is 20.9 Å². The van der Waals surface area contributed by atoms with Crippen LogP contribution in [-0.2, 0) is 23.9 Å². The van der Waals surface area contributed by atoms with E-state index in [1.54, 1.807) is 5.38 Å². The van der Waals surface area contributed by atoms with Gasteiger partial charge in [0.05, 0.1) is 11.3 Å². The molecule has 2 atom stereocenters. The van der Waals surface area contributed by atoms with Crippen LogP contribution in [0.25, 0.3) is 5.57 Å². The number of nitrogens with two attached hydrogens (primary N) is 1. The molecule has 0 bridgehead atoms. The number of thioether (sulfide) groups is 1. The molecule has 0 aromatic carbocycles. The van der Waals surface area contributed by atoms with Crippen molar-refractivity contribution in [1.29, 1.82) is 0 Å². The number of hydrogen-bond acceptors (Lipinski definition) is 9. The maximum Gasteiger partial charge on any atom is 0.352 e. The summed E-state index contributed by atoms with van der Waals surface area (Å²) in [4.78, 5) is 54.7. The lowest BCUT2D eigenvalue weighted by molar-refractivity contribution is -0.150. The second-order valence-corrected chi connectivity index (χ2v) is 11.0. The molecule has 1 aromatic rings. The number of anilines is 1. The van der Waals surface area contributed by atoms with E-state index in [0.717, 1.165) is 24.2 Å². The Labute approximate surface area is 224 Å². The quantitative estimate of drug-likeness (QED) is 0.137. The van der Waals surface area contributed by atoms with Gasteiger partial charge in [0.2, 0.25) is 0 Å². The van der Waals surface area contributed by atoms with Gasteiger partial charge in [0.1, 0.15) is 23.7 Å². The Morgan fingerprint density at radius 1 is 1.24 bits per heavy atom. The molecular formula is C25H34N4O6S2. The molecule has 202 valence electrons. The summed E-state index contributed by atoms with van der Waals surface area (Å²) in [6.45, 7) is 3.22. The Morgan fingerprint density at radius 3 is 2.57 bits per heavy atom. The van der Waals surface area contributed by atoms with Gasteiger partial charge in [-0.05, 0) is 12.8 Å². The maximum absolute atomic E-state index is 13.3. The highest BCUT2D eigenvalue weighted by Crippen LogP contribution is 2.40. The summed E-state index contributed by atoms with van der Waals surface area (Å²) >= 11 is 2.55. The van der Waals surface area contributed by atoms with Crippen molar-refractivity contribution in [3.8, 4) is 0 Å². The summed E-state index contributed by atoms with van der Waals surface area (Å²) in [6.07, 6.45) is 10.6. The number of carboxylic acids is 1. The first-order chi connectivity index (χ1) is 17.7. The number of esters is 1. The number of fused-ring (bicyclic) bond motifs is 1. The van der Waals surface area contributed by atoms with Crippen LogP contribution in [-0.4, -0.2) is 62.5 Å². The number of carboxylic acid groups (broad SMARTS) is 1. The first kappa shape index (κ1) is 28.7. The largest absolute Gasteiger partial charge is 0.477 e. The smallest absolute Gasteiger partial charge is 0.352 e. The third-order valence-corrected chi connectivity index (χ3v) is 8.20. The summed E-state index contributed by atoms with van der Waals surface area (Å²) in [5.41, 5.74) is 6.76. The van der Waals surface area contributed by atoms with Gasteiger partial charge in [0.15, 0.2) is 5.13 Å². The number of carbonyl (C=O) groups excluding carboxylic acids is 3. The summed E-state index contributed by atoms with van der Waals surface area (Å²) in [7, 11) is 0. The third-order valence-electron chi connectivity index (χ3n) is 6.18. The fraction of sp³-hybridized carbons (Fsp3) is 0.560. The molecule has 1 unspecified atom stereocenters. The van der Waals surface area contributed by atoms with Gasteiger partial charge in [0, 0.05) is 23.6 Å². The van der Waals surface area contributed by atoms with Crippen LogP contribution in [0.3, 0.4) is 0 Å². The van der Waals surface area contributed by atoms with Crippen molar-refractivity contribution in [3.05, 3.63) is 28.4 Å². The number of β-lactam (4-membered cyclic amide) rings is 1. The number of unbranched alkanes of at least 4 members (excludes halogenated alkanes) is 7. The van der Waals surface area contributed by atoms with Crippen molar-refractivity contribution < 1.29 is 29.0 Å². The Hall–Kier alpha value is -2.86. The number of nitrogen functional groups attached to an aromatic ring is 1. The molecule has 0 radical (unpaired) electrons. The summed E-state index contributed by atoms with van der Waals surface area (Å²) in [6, 6.07) is -0.875. The zero-order valence-electron chi connectivity index (χ0n) is 21.2. The van der Waals surface area contributed by atoms with Crippen molar-refractivity contribution in [2.45, 2.75) is 76.6 Å². The van der Waals surface area contributed by atoms with Crippen LogP contribution in [0.1, 0.15) is 70.9 Å². The number of aliphatic carboxylic acids is 1.